The predicted molar refractivity (Wildman–Crippen MR) is 69.4 cm³/mol. The monoisotopic (exact) mass is 243 g/mol. The molecule has 0 amide bonds. The molecule has 2 atom stereocenters. The van der Waals surface area contributed by atoms with Crippen molar-refractivity contribution in [2.45, 2.75) is 19.5 Å². The van der Waals surface area contributed by atoms with Crippen LogP contribution in [-0.2, 0) is 6.54 Å². The minimum atomic E-state index is 0.319. The van der Waals surface area contributed by atoms with Gasteiger partial charge in [0.25, 0.3) is 0 Å². The molecule has 2 unspecified atom stereocenters. The molecule has 1 aliphatic heterocycles. The Morgan fingerprint density at radius 3 is 2.94 bits per heavy atom. The van der Waals surface area contributed by atoms with E-state index in [0.29, 0.717) is 12.0 Å². The van der Waals surface area contributed by atoms with Crippen molar-refractivity contribution in [1.82, 2.24) is 5.32 Å². The van der Waals surface area contributed by atoms with Gasteiger partial charge in [0.15, 0.2) is 0 Å². The first-order chi connectivity index (χ1) is 8.84. The van der Waals surface area contributed by atoms with E-state index >= 15 is 0 Å². The molecule has 1 aromatic carbocycles. The van der Waals surface area contributed by atoms with Crippen molar-refractivity contribution >= 4 is 0 Å². The normalized spacial score (nSPS) is 22.3. The third kappa shape index (κ3) is 2.14. The van der Waals surface area contributed by atoms with E-state index in [9.17, 15) is 0 Å². The molecule has 0 aliphatic carbocycles. The minimum Gasteiger partial charge on any atom is -0.493 e. The lowest BCUT2D eigenvalue weighted by atomic mass is 9.92. The Labute approximate surface area is 107 Å². The van der Waals surface area contributed by atoms with E-state index in [1.807, 2.05) is 24.3 Å². The van der Waals surface area contributed by atoms with E-state index in [1.165, 1.54) is 5.56 Å². The standard InChI is InChI=1S/C15H17NO2/c1-11-10-18-14-7-3-2-6-13(14)15(11)16-9-12-5-4-8-17-12/h2-8,11,15-16H,9-10H2,1H3. The average Bonchev–Trinajstić information content (AvgIpc) is 2.91. The lowest BCUT2D eigenvalue weighted by molar-refractivity contribution is 0.186. The summed E-state index contributed by atoms with van der Waals surface area (Å²) in [5.41, 5.74) is 1.24. The molecule has 1 aromatic heterocycles. The highest BCUT2D eigenvalue weighted by atomic mass is 16.5. The highest BCUT2D eigenvalue weighted by molar-refractivity contribution is 5.37. The molecule has 0 radical (unpaired) electrons. The highest BCUT2D eigenvalue weighted by Gasteiger charge is 2.27. The van der Waals surface area contributed by atoms with Crippen LogP contribution in [0.2, 0.25) is 0 Å². The molecule has 1 aliphatic rings. The van der Waals surface area contributed by atoms with Gasteiger partial charge in [0.1, 0.15) is 11.5 Å². The largest absolute Gasteiger partial charge is 0.493 e. The third-order valence-corrected chi connectivity index (χ3v) is 3.40. The molecule has 0 spiro atoms. The van der Waals surface area contributed by atoms with Gasteiger partial charge in [-0.05, 0) is 18.2 Å². The molecule has 2 aromatic rings. The molecular weight excluding hydrogens is 226 g/mol. The van der Waals surface area contributed by atoms with Crippen LogP contribution in [-0.4, -0.2) is 6.61 Å². The summed E-state index contributed by atoms with van der Waals surface area (Å²) in [6.07, 6.45) is 1.71. The summed E-state index contributed by atoms with van der Waals surface area (Å²) in [6.45, 7) is 3.71. The van der Waals surface area contributed by atoms with Crippen LogP contribution in [0.25, 0.3) is 0 Å². The SMILES string of the molecule is CC1COc2ccccc2C1NCc1ccco1. The molecule has 18 heavy (non-hydrogen) atoms. The van der Waals surface area contributed by atoms with Gasteiger partial charge in [0.05, 0.1) is 19.4 Å². The summed E-state index contributed by atoms with van der Waals surface area (Å²) in [7, 11) is 0. The van der Waals surface area contributed by atoms with Gasteiger partial charge in [-0.25, -0.2) is 0 Å². The highest BCUT2D eigenvalue weighted by Crippen LogP contribution is 2.35. The molecule has 2 heterocycles. The van der Waals surface area contributed by atoms with E-state index in [4.69, 9.17) is 9.15 Å². The number of rotatable bonds is 3. The Morgan fingerprint density at radius 2 is 2.11 bits per heavy atom. The van der Waals surface area contributed by atoms with Crippen molar-refractivity contribution < 1.29 is 9.15 Å². The van der Waals surface area contributed by atoms with Crippen LogP contribution in [0.1, 0.15) is 24.3 Å². The first-order valence-corrected chi connectivity index (χ1v) is 6.32. The zero-order valence-electron chi connectivity index (χ0n) is 10.4. The number of benzene rings is 1. The van der Waals surface area contributed by atoms with Crippen LogP contribution in [0.15, 0.2) is 47.1 Å². The fraction of sp³-hybridized carbons (Fsp3) is 0.333. The van der Waals surface area contributed by atoms with Gasteiger partial charge in [0, 0.05) is 17.5 Å². The van der Waals surface area contributed by atoms with Crippen LogP contribution in [0, 0.1) is 5.92 Å². The third-order valence-electron chi connectivity index (χ3n) is 3.40. The van der Waals surface area contributed by atoms with Crippen molar-refractivity contribution in [3.63, 3.8) is 0 Å². The average molecular weight is 243 g/mol. The summed E-state index contributed by atoms with van der Waals surface area (Å²) in [4.78, 5) is 0. The molecule has 3 rings (SSSR count). The summed E-state index contributed by atoms with van der Waals surface area (Å²) < 4.78 is 11.1. The summed E-state index contributed by atoms with van der Waals surface area (Å²) >= 11 is 0. The Morgan fingerprint density at radius 1 is 1.22 bits per heavy atom. The van der Waals surface area contributed by atoms with Crippen LogP contribution in [0.5, 0.6) is 5.75 Å². The molecule has 94 valence electrons. The Bertz CT molecular complexity index is 507. The van der Waals surface area contributed by atoms with Gasteiger partial charge in [-0.15, -0.1) is 0 Å². The molecule has 3 heteroatoms. The zero-order valence-corrected chi connectivity index (χ0v) is 10.4. The smallest absolute Gasteiger partial charge is 0.124 e. The molecule has 0 saturated heterocycles. The second-order valence-electron chi connectivity index (χ2n) is 4.76. The van der Waals surface area contributed by atoms with Crippen molar-refractivity contribution in [3.8, 4) is 5.75 Å². The number of hydrogen-bond donors (Lipinski definition) is 1. The van der Waals surface area contributed by atoms with Gasteiger partial charge in [-0.3, -0.25) is 0 Å². The second kappa shape index (κ2) is 4.86. The molecule has 1 N–H and O–H groups in total. The number of para-hydroxylation sites is 1. The van der Waals surface area contributed by atoms with Crippen molar-refractivity contribution in [3.05, 3.63) is 54.0 Å². The fourth-order valence-electron chi connectivity index (χ4n) is 2.43. The molecular formula is C15H17NO2. The maximum atomic E-state index is 5.74. The molecule has 0 saturated carbocycles. The van der Waals surface area contributed by atoms with Crippen LogP contribution in [0.3, 0.4) is 0 Å². The fourth-order valence-corrected chi connectivity index (χ4v) is 2.43. The number of ether oxygens (including phenoxy) is 1. The number of fused-ring (bicyclic) bond motifs is 1. The van der Waals surface area contributed by atoms with Gasteiger partial charge < -0.3 is 14.5 Å². The first kappa shape index (κ1) is 11.4. The van der Waals surface area contributed by atoms with E-state index in [-0.39, 0.29) is 0 Å². The number of hydrogen-bond acceptors (Lipinski definition) is 3. The minimum absolute atomic E-state index is 0.319. The number of nitrogens with one attached hydrogen (secondary N) is 1. The quantitative estimate of drug-likeness (QED) is 0.899. The summed E-state index contributed by atoms with van der Waals surface area (Å²) in [6, 6.07) is 12.5. The van der Waals surface area contributed by atoms with Gasteiger partial charge >= 0.3 is 0 Å². The summed E-state index contributed by atoms with van der Waals surface area (Å²) in [5.74, 6) is 2.41. The Balaban J connectivity index is 1.78. The van der Waals surface area contributed by atoms with E-state index in [1.54, 1.807) is 6.26 Å². The van der Waals surface area contributed by atoms with Gasteiger partial charge in [-0.2, -0.15) is 0 Å². The van der Waals surface area contributed by atoms with Crippen LogP contribution in [0.4, 0.5) is 0 Å². The van der Waals surface area contributed by atoms with Crippen molar-refractivity contribution in [1.29, 1.82) is 0 Å². The molecule has 3 nitrogen and oxygen atoms in total. The van der Waals surface area contributed by atoms with Crippen LogP contribution < -0.4 is 10.1 Å². The first-order valence-electron chi connectivity index (χ1n) is 6.32. The van der Waals surface area contributed by atoms with E-state index < -0.39 is 0 Å². The van der Waals surface area contributed by atoms with E-state index in [2.05, 4.69) is 24.4 Å². The summed E-state index contributed by atoms with van der Waals surface area (Å²) in [5, 5.41) is 3.56. The maximum Gasteiger partial charge on any atom is 0.124 e. The molecule has 0 fully saturated rings. The van der Waals surface area contributed by atoms with Gasteiger partial charge in [-0.1, -0.05) is 25.1 Å². The Hall–Kier alpha value is -1.74. The Kier molecular flexibility index (Phi) is 3.07. The number of furan rings is 1. The lowest BCUT2D eigenvalue weighted by Gasteiger charge is -2.32. The maximum absolute atomic E-state index is 5.74. The topological polar surface area (TPSA) is 34.4 Å². The molecule has 0 bridgehead atoms. The van der Waals surface area contributed by atoms with Gasteiger partial charge in [0.2, 0.25) is 0 Å². The predicted octanol–water partition coefficient (Wildman–Crippen LogP) is 3.14. The lowest BCUT2D eigenvalue weighted by Crippen LogP contribution is -2.33. The zero-order chi connectivity index (χ0) is 12.4. The van der Waals surface area contributed by atoms with Crippen molar-refractivity contribution in [2.24, 2.45) is 5.92 Å². The van der Waals surface area contributed by atoms with Crippen molar-refractivity contribution in [2.75, 3.05) is 6.61 Å². The van der Waals surface area contributed by atoms with E-state index in [0.717, 1.165) is 24.7 Å². The van der Waals surface area contributed by atoms with Crippen LogP contribution >= 0.6 is 0 Å². The second-order valence-corrected chi connectivity index (χ2v) is 4.76.